The lowest BCUT2D eigenvalue weighted by atomic mass is 9.97. The van der Waals surface area contributed by atoms with Crippen LogP contribution in [0.5, 0.6) is 0 Å². The van der Waals surface area contributed by atoms with E-state index < -0.39 is 5.97 Å². The van der Waals surface area contributed by atoms with Crippen LogP contribution >= 0.6 is 0 Å². The van der Waals surface area contributed by atoms with E-state index in [9.17, 15) is 9.59 Å². The van der Waals surface area contributed by atoms with Crippen LogP contribution < -0.4 is 0 Å². The molecule has 4 nitrogen and oxygen atoms in total. The Balaban J connectivity index is 2.00. The normalized spacial score (nSPS) is 14.3. The van der Waals surface area contributed by atoms with Crippen LogP contribution in [0.4, 0.5) is 0 Å². The van der Waals surface area contributed by atoms with E-state index in [1.54, 1.807) is 17.0 Å². The van der Waals surface area contributed by atoms with Crippen LogP contribution in [-0.4, -0.2) is 35.0 Å². The van der Waals surface area contributed by atoms with Crippen LogP contribution in [0.15, 0.2) is 42.0 Å². The first-order chi connectivity index (χ1) is 10.7. The Bertz CT molecular complexity index is 537. The Labute approximate surface area is 131 Å². The molecular weight excluding hydrogens is 278 g/mol. The van der Waals surface area contributed by atoms with Crippen molar-refractivity contribution in [3.8, 4) is 0 Å². The summed E-state index contributed by atoms with van der Waals surface area (Å²) in [5, 5.41) is 8.88. The van der Waals surface area contributed by atoms with Gasteiger partial charge in [0.2, 0.25) is 0 Å². The summed E-state index contributed by atoms with van der Waals surface area (Å²) in [7, 11) is 0. The third-order valence-corrected chi connectivity index (χ3v) is 3.99. The predicted octanol–water partition coefficient (Wildman–Crippen LogP) is 3.49. The highest BCUT2D eigenvalue weighted by atomic mass is 16.4. The average Bonchev–Trinajstić information content (AvgIpc) is 2.56. The van der Waals surface area contributed by atoms with Gasteiger partial charge < -0.3 is 10.0 Å². The van der Waals surface area contributed by atoms with Gasteiger partial charge in [-0.3, -0.25) is 9.59 Å². The zero-order valence-corrected chi connectivity index (χ0v) is 12.8. The quantitative estimate of drug-likeness (QED) is 0.784. The number of carbonyl (C=O) groups is 2. The summed E-state index contributed by atoms with van der Waals surface area (Å²) >= 11 is 0. The molecule has 0 radical (unpaired) electrons. The topological polar surface area (TPSA) is 57.6 Å². The third kappa shape index (κ3) is 5.02. The molecular formula is C18H23NO3. The first-order valence-corrected chi connectivity index (χ1v) is 7.91. The third-order valence-electron chi connectivity index (χ3n) is 3.99. The fourth-order valence-corrected chi connectivity index (χ4v) is 2.72. The summed E-state index contributed by atoms with van der Waals surface area (Å²) in [5.74, 6) is -0.957. The van der Waals surface area contributed by atoms with Crippen LogP contribution in [-0.2, 0) is 4.79 Å². The van der Waals surface area contributed by atoms with Crippen LogP contribution in [0.2, 0.25) is 0 Å². The van der Waals surface area contributed by atoms with Crippen molar-refractivity contribution < 1.29 is 14.7 Å². The van der Waals surface area contributed by atoms with Crippen molar-refractivity contribution in [2.75, 3.05) is 13.1 Å². The summed E-state index contributed by atoms with van der Waals surface area (Å²) < 4.78 is 0. The van der Waals surface area contributed by atoms with Gasteiger partial charge in [0.05, 0.1) is 6.42 Å². The van der Waals surface area contributed by atoms with Gasteiger partial charge in [-0.15, -0.1) is 0 Å². The van der Waals surface area contributed by atoms with Crippen LogP contribution in [0.1, 0.15) is 48.9 Å². The van der Waals surface area contributed by atoms with Gasteiger partial charge in [0.15, 0.2) is 0 Å². The van der Waals surface area contributed by atoms with Crippen LogP contribution in [0, 0.1) is 0 Å². The minimum absolute atomic E-state index is 0.0162. The van der Waals surface area contributed by atoms with E-state index in [0.717, 1.165) is 19.3 Å². The molecule has 1 aromatic rings. The minimum atomic E-state index is -0.872. The number of carbonyl (C=O) groups excluding carboxylic acids is 1. The predicted molar refractivity (Wildman–Crippen MR) is 85.8 cm³/mol. The molecule has 0 saturated heterocycles. The monoisotopic (exact) mass is 301 g/mol. The van der Waals surface area contributed by atoms with E-state index in [0.29, 0.717) is 12.1 Å². The molecule has 118 valence electrons. The number of aliphatic carboxylic acids is 1. The van der Waals surface area contributed by atoms with Crippen molar-refractivity contribution in [2.24, 2.45) is 0 Å². The standard InChI is InChI=1S/C18H23NO3/c20-17(21)12-14-19(13-11-15-7-3-1-4-8-15)18(22)16-9-5-2-6-10-16/h2,5-7,9-10H,1,3-4,8,11-14H2,(H,20,21). The molecule has 1 aliphatic rings. The summed E-state index contributed by atoms with van der Waals surface area (Å²) in [6.45, 7) is 0.850. The zero-order chi connectivity index (χ0) is 15.8. The van der Waals surface area contributed by atoms with Crippen molar-refractivity contribution >= 4 is 11.9 Å². The van der Waals surface area contributed by atoms with Gasteiger partial charge in [0, 0.05) is 18.7 Å². The largest absolute Gasteiger partial charge is 0.481 e. The highest BCUT2D eigenvalue weighted by molar-refractivity contribution is 5.94. The molecule has 0 fully saturated rings. The van der Waals surface area contributed by atoms with E-state index >= 15 is 0 Å². The van der Waals surface area contributed by atoms with Gasteiger partial charge in [-0.2, -0.15) is 0 Å². The molecule has 0 heterocycles. The van der Waals surface area contributed by atoms with Gasteiger partial charge in [0.25, 0.3) is 5.91 Å². The molecule has 4 heteroatoms. The summed E-state index contributed by atoms with van der Waals surface area (Å²) in [4.78, 5) is 25.0. The number of hydrogen-bond acceptors (Lipinski definition) is 2. The fourth-order valence-electron chi connectivity index (χ4n) is 2.72. The number of carboxylic acid groups (broad SMARTS) is 1. The number of benzene rings is 1. The molecule has 1 N–H and O–H groups in total. The lowest BCUT2D eigenvalue weighted by Gasteiger charge is -2.23. The molecule has 1 aromatic carbocycles. The van der Waals surface area contributed by atoms with Crippen LogP contribution in [0.3, 0.4) is 0 Å². The van der Waals surface area contributed by atoms with Gasteiger partial charge in [-0.1, -0.05) is 29.8 Å². The summed E-state index contributed by atoms with van der Waals surface area (Å²) in [6, 6.07) is 9.07. The molecule has 0 bridgehead atoms. The zero-order valence-electron chi connectivity index (χ0n) is 12.8. The lowest BCUT2D eigenvalue weighted by molar-refractivity contribution is -0.137. The SMILES string of the molecule is O=C(O)CCN(CCC1=CCCCC1)C(=O)c1ccccc1. The Morgan fingerprint density at radius 3 is 2.50 bits per heavy atom. The summed E-state index contributed by atoms with van der Waals surface area (Å²) in [5.41, 5.74) is 2.01. The highest BCUT2D eigenvalue weighted by Crippen LogP contribution is 2.20. The second kappa shape index (κ2) is 8.37. The molecule has 2 rings (SSSR count). The fraction of sp³-hybridized carbons (Fsp3) is 0.444. The van der Waals surface area contributed by atoms with E-state index in [-0.39, 0.29) is 18.9 Å². The molecule has 1 aliphatic carbocycles. The van der Waals surface area contributed by atoms with Crippen molar-refractivity contribution in [1.29, 1.82) is 0 Å². The van der Waals surface area contributed by atoms with Gasteiger partial charge in [0.1, 0.15) is 0 Å². The van der Waals surface area contributed by atoms with Gasteiger partial charge in [-0.05, 0) is 44.2 Å². The minimum Gasteiger partial charge on any atom is -0.481 e. The highest BCUT2D eigenvalue weighted by Gasteiger charge is 2.17. The van der Waals surface area contributed by atoms with E-state index in [1.807, 2.05) is 18.2 Å². The van der Waals surface area contributed by atoms with Gasteiger partial charge >= 0.3 is 5.97 Å². The first kappa shape index (κ1) is 16.3. The maximum atomic E-state index is 12.5. The smallest absolute Gasteiger partial charge is 0.305 e. The first-order valence-electron chi connectivity index (χ1n) is 7.91. The number of hydrogen-bond donors (Lipinski definition) is 1. The second-order valence-corrected chi connectivity index (χ2v) is 5.66. The molecule has 1 amide bonds. The summed E-state index contributed by atoms with van der Waals surface area (Å²) in [6.07, 6.45) is 7.79. The maximum Gasteiger partial charge on any atom is 0.305 e. The molecule has 0 saturated carbocycles. The Morgan fingerprint density at radius 1 is 1.09 bits per heavy atom. The maximum absolute atomic E-state index is 12.5. The number of nitrogens with zero attached hydrogens (tertiary/aromatic N) is 1. The van der Waals surface area contributed by atoms with E-state index in [4.69, 9.17) is 5.11 Å². The molecule has 0 aromatic heterocycles. The average molecular weight is 301 g/mol. The molecule has 0 aliphatic heterocycles. The molecule has 22 heavy (non-hydrogen) atoms. The van der Waals surface area contributed by atoms with Crippen molar-refractivity contribution in [3.05, 3.63) is 47.5 Å². The number of amides is 1. The Kier molecular flexibility index (Phi) is 6.19. The Hall–Kier alpha value is -2.10. The molecule has 0 unspecified atom stereocenters. The Morgan fingerprint density at radius 2 is 1.86 bits per heavy atom. The lowest BCUT2D eigenvalue weighted by Crippen LogP contribution is -2.34. The van der Waals surface area contributed by atoms with E-state index in [1.165, 1.54) is 18.4 Å². The van der Waals surface area contributed by atoms with Crippen molar-refractivity contribution in [2.45, 2.75) is 38.5 Å². The van der Waals surface area contributed by atoms with Gasteiger partial charge in [-0.25, -0.2) is 0 Å². The number of rotatable bonds is 7. The van der Waals surface area contributed by atoms with Crippen LogP contribution in [0.25, 0.3) is 0 Å². The number of allylic oxidation sites excluding steroid dienone is 1. The van der Waals surface area contributed by atoms with E-state index in [2.05, 4.69) is 6.08 Å². The molecule has 0 atom stereocenters. The number of carboxylic acids is 1. The van der Waals surface area contributed by atoms with Crippen molar-refractivity contribution in [3.63, 3.8) is 0 Å². The van der Waals surface area contributed by atoms with Crippen molar-refractivity contribution in [1.82, 2.24) is 4.90 Å². The molecule has 0 spiro atoms. The second-order valence-electron chi connectivity index (χ2n) is 5.66.